The van der Waals surface area contributed by atoms with Crippen molar-refractivity contribution in [3.8, 4) is 0 Å². The van der Waals surface area contributed by atoms with Crippen LogP contribution in [0.2, 0.25) is 0 Å². The lowest BCUT2D eigenvalue weighted by atomic mass is 10.1. The molecular weight excluding hydrogens is 262 g/mol. The van der Waals surface area contributed by atoms with Crippen molar-refractivity contribution in [1.82, 2.24) is 9.78 Å². The smallest absolute Gasteiger partial charge is 0.107 e. The molecule has 2 aromatic rings. The minimum Gasteiger partial charge on any atom is -0.373 e. The first-order valence-electron chi connectivity index (χ1n) is 7.37. The van der Waals surface area contributed by atoms with Crippen LogP contribution in [0.25, 0.3) is 0 Å². The molecule has 110 valence electrons. The maximum Gasteiger partial charge on any atom is 0.107 e. The zero-order valence-electron chi connectivity index (χ0n) is 12.5. The minimum absolute atomic E-state index is 0.155. The van der Waals surface area contributed by atoms with Gasteiger partial charge in [0.25, 0.3) is 0 Å². The maximum absolute atomic E-state index is 5.90. The van der Waals surface area contributed by atoms with Gasteiger partial charge in [-0.15, -0.1) is 0 Å². The molecule has 1 unspecified atom stereocenters. The summed E-state index contributed by atoms with van der Waals surface area (Å²) in [5.74, 6) is 0. The molecule has 5 nitrogen and oxygen atoms in total. The first kappa shape index (κ1) is 13.8. The monoisotopic (exact) mass is 283 g/mol. The average molecular weight is 283 g/mol. The third kappa shape index (κ3) is 2.45. The average Bonchev–Trinajstić information content (AvgIpc) is 2.72. The summed E-state index contributed by atoms with van der Waals surface area (Å²) in [7, 11) is 0. The SMILES string of the molecule is CCn1nc(C)c2c1C(CN)=NCC(c1ccccc1)N2. The molecule has 0 aliphatic carbocycles. The van der Waals surface area contributed by atoms with Crippen LogP contribution in [0.15, 0.2) is 35.3 Å². The molecule has 0 bridgehead atoms. The van der Waals surface area contributed by atoms with Crippen molar-refractivity contribution in [3.63, 3.8) is 0 Å². The second-order valence-corrected chi connectivity index (χ2v) is 5.22. The van der Waals surface area contributed by atoms with E-state index in [1.807, 2.05) is 17.7 Å². The Morgan fingerprint density at radius 3 is 2.76 bits per heavy atom. The molecule has 2 heterocycles. The molecule has 5 heteroatoms. The Morgan fingerprint density at radius 1 is 1.33 bits per heavy atom. The normalized spacial score (nSPS) is 17.7. The van der Waals surface area contributed by atoms with Crippen LogP contribution in [0.5, 0.6) is 0 Å². The number of nitrogens with one attached hydrogen (secondary N) is 1. The lowest BCUT2D eigenvalue weighted by Gasteiger charge is -2.16. The fraction of sp³-hybridized carbons (Fsp3) is 0.375. The van der Waals surface area contributed by atoms with Gasteiger partial charge in [0.2, 0.25) is 0 Å². The summed E-state index contributed by atoms with van der Waals surface area (Å²) in [6.45, 7) is 6.04. The van der Waals surface area contributed by atoms with Crippen molar-refractivity contribution in [2.45, 2.75) is 26.4 Å². The number of benzene rings is 1. The van der Waals surface area contributed by atoms with E-state index >= 15 is 0 Å². The van der Waals surface area contributed by atoms with E-state index in [4.69, 9.17) is 10.7 Å². The van der Waals surface area contributed by atoms with Crippen LogP contribution in [-0.2, 0) is 6.54 Å². The molecular formula is C16H21N5. The molecule has 1 aromatic carbocycles. The fourth-order valence-corrected chi connectivity index (χ4v) is 2.81. The Bertz CT molecular complexity index is 657. The molecule has 1 aliphatic rings. The summed E-state index contributed by atoms with van der Waals surface area (Å²) in [6, 6.07) is 10.5. The number of aryl methyl sites for hydroxylation is 2. The number of fused-ring (bicyclic) bond motifs is 1. The van der Waals surface area contributed by atoms with Crippen molar-refractivity contribution in [1.29, 1.82) is 0 Å². The number of rotatable bonds is 3. The summed E-state index contributed by atoms with van der Waals surface area (Å²) in [6.07, 6.45) is 0. The van der Waals surface area contributed by atoms with Gasteiger partial charge in [-0.2, -0.15) is 5.10 Å². The van der Waals surface area contributed by atoms with E-state index in [1.165, 1.54) is 5.56 Å². The van der Waals surface area contributed by atoms with Gasteiger partial charge in [-0.1, -0.05) is 30.3 Å². The van der Waals surface area contributed by atoms with Crippen LogP contribution in [0.4, 0.5) is 5.69 Å². The van der Waals surface area contributed by atoms with Crippen LogP contribution in [0.3, 0.4) is 0 Å². The molecule has 1 atom stereocenters. The highest BCUT2D eigenvalue weighted by atomic mass is 15.3. The molecule has 0 saturated carbocycles. The van der Waals surface area contributed by atoms with Gasteiger partial charge in [0.1, 0.15) is 5.69 Å². The van der Waals surface area contributed by atoms with Crippen molar-refractivity contribution < 1.29 is 0 Å². The molecule has 0 saturated heterocycles. The van der Waals surface area contributed by atoms with E-state index < -0.39 is 0 Å². The number of hydrogen-bond donors (Lipinski definition) is 2. The van der Waals surface area contributed by atoms with Gasteiger partial charge in [0.15, 0.2) is 0 Å². The first-order chi connectivity index (χ1) is 10.2. The molecule has 3 N–H and O–H groups in total. The molecule has 0 spiro atoms. The van der Waals surface area contributed by atoms with Gasteiger partial charge in [-0.3, -0.25) is 9.67 Å². The Kier molecular flexibility index (Phi) is 3.75. The lowest BCUT2D eigenvalue weighted by Crippen LogP contribution is -2.19. The van der Waals surface area contributed by atoms with Crippen LogP contribution in [-0.4, -0.2) is 28.6 Å². The van der Waals surface area contributed by atoms with Gasteiger partial charge in [-0.25, -0.2) is 0 Å². The van der Waals surface area contributed by atoms with E-state index in [2.05, 4.69) is 41.6 Å². The second-order valence-electron chi connectivity index (χ2n) is 5.22. The Labute approximate surface area is 124 Å². The highest BCUT2D eigenvalue weighted by molar-refractivity contribution is 6.05. The van der Waals surface area contributed by atoms with Crippen LogP contribution >= 0.6 is 0 Å². The minimum atomic E-state index is 0.155. The van der Waals surface area contributed by atoms with E-state index in [0.29, 0.717) is 13.1 Å². The van der Waals surface area contributed by atoms with Crippen LogP contribution < -0.4 is 11.1 Å². The molecule has 21 heavy (non-hydrogen) atoms. The summed E-state index contributed by atoms with van der Waals surface area (Å²) < 4.78 is 1.98. The second kappa shape index (κ2) is 5.69. The van der Waals surface area contributed by atoms with Crippen molar-refractivity contribution in [2.75, 3.05) is 18.4 Å². The molecule has 1 aliphatic heterocycles. The van der Waals surface area contributed by atoms with Gasteiger partial charge in [0.05, 0.1) is 29.7 Å². The largest absolute Gasteiger partial charge is 0.373 e. The zero-order chi connectivity index (χ0) is 14.8. The number of nitrogens with two attached hydrogens (primary N) is 1. The van der Waals surface area contributed by atoms with Gasteiger partial charge in [-0.05, 0) is 19.4 Å². The fourth-order valence-electron chi connectivity index (χ4n) is 2.81. The van der Waals surface area contributed by atoms with Crippen LogP contribution in [0.1, 0.15) is 29.9 Å². The number of aromatic nitrogens is 2. The van der Waals surface area contributed by atoms with E-state index in [1.54, 1.807) is 0 Å². The predicted molar refractivity (Wildman–Crippen MR) is 85.9 cm³/mol. The topological polar surface area (TPSA) is 68.2 Å². The Morgan fingerprint density at radius 2 is 2.10 bits per heavy atom. The van der Waals surface area contributed by atoms with Crippen molar-refractivity contribution >= 4 is 11.4 Å². The molecule has 0 amide bonds. The Hall–Kier alpha value is -2.14. The number of anilines is 1. The van der Waals surface area contributed by atoms with Crippen molar-refractivity contribution in [3.05, 3.63) is 47.3 Å². The van der Waals surface area contributed by atoms with Gasteiger partial charge in [0, 0.05) is 13.1 Å². The first-order valence-corrected chi connectivity index (χ1v) is 7.37. The molecule has 3 rings (SSSR count). The Balaban J connectivity index is 2.07. The quantitative estimate of drug-likeness (QED) is 0.906. The van der Waals surface area contributed by atoms with Gasteiger partial charge < -0.3 is 11.1 Å². The lowest BCUT2D eigenvalue weighted by molar-refractivity contribution is 0.647. The third-order valence-corrected chi connectivity index (χ3v) is 3.88. The number of nitrogens with zero attached hydrogens (tertiary/aromatic N) is 3. The molecule has 0 fully saturated rings. The highest BCUT2D eigenvalue weighted by Gasteiger charge is 2.24. The zero-order valence-corrected chi connectivity index (χ0v) is 12.5. The number of aliphatic imine (C=N–C) groups is 1. The molecule has 0 radical (unpaired) electrons. The summed E-state index contributed by atoms with van der Waals surface area (Å²) >= 11 is 0. The van der Waals surface area contributed by atoms with E-state index in [0.717, 1.165) is 29.3 Å². The van der Waals surface area contributed by atoms with E-state index in [-0.39, 0.29) is 6.04 Å². The summed E-state index contributed by atoms with van der Waals surface area (Å²) in [5, 5.41) is 8.21. The highest BCUT2D eigenvalue weighted by Crippen LogP contribution is 2.29. The summed E-state index contributed by atoms with van der Waals surface area (Å²) in [5.41, 5.74) is 11.2. The molecule has 1 aromatic heterocycles. The summed E-state index contributed by atoms with van der Waals surface area (Å²) in [4.78, 5) is 4.73. The standard InChI is InChI=1S/C16H21N5/c1-3-21-16-13(9-17)18-10-14(12-7-5-4-6-8-12)19-15(16)11(2)20-21/h4-8,14,19H,3,9-10,17H2,1-2H3. The van der Waals surface area contributed by atoms with Crippen molar-refractivity contribution in [2.24, 2.45) is 10.7 Å². The number of hydrogen-bond acceptors (Lipinski definition) is 4. The maximum atomic E-state index is 5.90. The van der Waals surface area contributed by atoms with Gasteiger partial charge >= 0.3 is 0 Å². The van der Waals surface area contributed by atoms with E-state index in [9.17, 15) is 0 Å². The van der Waals surface area contributed by atoms with Crippen LogP contribution in [0, 0.1) is 6.92 Å². The predicted octanol–water partition coefficient (Wildman–Crippen LogP) is 2.13. The third-order valence-electron chi connectivity index (χ3n) is 3.88.